The molecule has 2 saturated heterocycles. The number of hydrogen-bond donors (Lipinski definition) is 6. The summed E-state index contributed by atoms with van der Waals surface area (Å²) in [5, 5.41) is 22.9. The molecule has 2 fully saturated rings. The third kappa shape index (κ3) is 9.43. The third-order valence-electron chi connectivity index (χ3n) is 6.88. The molecule has 1 aromatic carbocycles. The second kappa shape index (κ2) is 16.1. The number of carbonyl (C=O) groups excluding carboxylic acids is 2. The number of amides is 2. The first-order valence-electron chi connectivity index (χ1n) is 14.1. The molecule has 2 aromatic heterocycles. The summed E-state index contributed by atoms with van der Waals surface area (Å²) >= 11 is 0.964. The van der Waals surface area contributed by atoms with Gasteiger partial charge in [-0.25, -0.2) is 19.1 Å². The monoisotopic (exact) mass is 707 g/mol. The Morgan fingerprint density at radius 3 is 2.50 bits per heavy atom. The second-order valence-electron chi connectivity index (χ2n) is 10.1. The van der Waals surface area contributed by atoms with E-state index in [-0.39, 0.29) is 21.7 Å². The quantitative estimate of drug-likeness (QED) is 0.0409. The van der Waals surface area contributed by atoms with Crippen LogP contribution in [0.4, 0.5) is 5.13 Å². The van der Waals surface area contributed by atoms with E-state index in [4.69, 9.17) is 21.3 Å². The molecule has 20 nitrogen and oxygen atoms in total. The van der Waals surface area contributed by atoms with Crippen LogP contribution in [0.2, 0.25) is 0 Å². The number of nitrogens with zero attached hydrogens (tertiary/aromatic N) is 7. The van der Waals surface area contributed by atoms with E-state index < -0.39 is 52.5 Å². The van der Waals surface area contributed by atoms with Gasteiger partial charge in [-0.1, -0.05) is 5.16 Å². The summed E-state index contributed by atoms with van der Waals surface area (Å²) in [6, 6.07) is 5.44. The summed E-state index contributed by atoms with van der Waals surface area (Å²) < 4.78 is 38.9. The second-order valence-corrected chi connectivity index (χ2v) is 12.3. The number of aliphatic carboxylic acids is 1. The molecule has 0 radical (unpaired) electrons. The number of oxime groups is 1. The van der Waals surface area contributed by atoms with Crippen molar-refractivity contribution in [2.45, 2.75) is 37.5 Å². The van der Waals surface area contributed by atoms with Crippen molar-refractivity contribution in [2.24, 2.45) is 15.9 Å². The van der Waals surface area contributed by atoms with Crippen molar-refractivity contribution in [1.29, 1.82) is 0 Å². The average molecular weight is 708 g/mol. The number of thiazole rings is 1. The molecule has 2 amide bonds. The van der Waals surface area contributed by atoms with Gasteiger partial charge in [0.25, 0.3) is 11.8 Å². The van der Waals surface area contributed by atoms with Crippen molar-refractivity contribution in [3.63, 3.8) is 0 Å². The number of aliphatic imine (C=N–C) groups is 1. The molecule has 8 N–H and O–H groups in total. The molecule has 5 rings (SSSR count). The number of piperidine rings is 1. The van der Waals surface area contributed by atoms with E-state index in [1.54, 1.807) is 7.11 Å². The summed E-state index contributed by atoms with van der Waals surface area (Å²) in [6.07, 6.45) is 4.55. The molecule has 0 bridgehead atoms. The van der Waals surface area contributed by atoms with E-state index in [0.717, 1.165) is 48.6 Å². The zero-order valence-electron chi connectivity index (χ0n) is 25.4. The number of amidine groups is 1. The van der Waals surface area contributed by atoms with Crippen LogP contribution >= 0.6 is 11.3 Å². The number of benzene rings is 1. The van der Waals surface area contributed by atoms with E-state index in [2.05, 4.69) is 40.7 Å². The molecule has 0 spiro atoms. The fourth-order valence-corrected chi connectivity index (χ4v) is 6.01. The minimum absolute atomic E-state index is 0.0587. The van der Waals surface area contributed by atoms with Crippen LogP contribution in [0, 0.1) is 0 Å². The highest BCUT2D eigenvalue weighted by molar-refractivity contribution is 7.84. The zero-order chi connectivity index (χ0) is 34.8. The van der Waals surface area contributed by atoms with Gasteiger partial charge in [-0.2, -0.15) is 13.5 Å². The molecular formula is C26H33N11O9S2. The van der Waals surface area contributed by atoms with Crippen LogP contribution < -0.4 is 26.8 Å². The van der Waals surface area contributed by atoms with E-state index >= 15 is 0 Å². The predicted molar refractivity (Wildman–Crippen MR) is 170 cm³/mol. The van der Waals surface area contributed by atoms with Crippen LogP contribution in [0.15, 0.2) is 52.4 Å². The number of carboxylic acids is 1. The van der Waals surface area contributed by atoms with Crippen LogP contribution in [0.3, 0.4) is 0 Å². The van der Waals surface area contributed by atoms with Gasteiger partial charge in [0.1, 0.15) is 36.0 Å². The number of nitrogens with one attached hydrogen (secondary N) is 2. The highest BCUT2D eigenvalue weighted by Crippen LogP contribution is 2.25. The molecule has 4 heterocycles. The van der Waals surface area contributed by atoms with Crippen molar-refractivity contribution >= 4 is 56.1 Å². The molecule has 0 aliphatic carbocycles. The number of hydrogen-bond acceptors (Lipinski definition) is 15. The predicted octanol–water partition coefficient (Wildman–Crippen LogP) is -1.53. The molecule has 2 atom stereocenters. The molecule has 2 unspecified atom stereocenters. The largest absolute Gasteiger partial charge is 0.497 e. The first-order chi connectivity index (χ1) is 22.9. The third-order valence-corrected chi connectivity index (χ3v) is 8.51. The maximum Gasteiger partial charge on any atom is 0.362 e. The SMILES string of the molecule is COc1ccc(C(N)=NC2CCNCC2)cc1.Nc1nc(/C(=N/OCC(=O)O)C(=O)NC2C(=O)N(S(=O)(=O)O)C2Cn2cncn2)cs1. The Bertz CT molecular complexity index is 1740. The summed E-state index contributed by atoms with van der Waals surface area (Å²) in [5.41, 5.74) is 11.9. The van der Waals surface area contributed by atoms with Crippen LogP contribution in [0.5, 0.6) is 5.75 Å². The van der Waals surface area contributed by atoms with Gasteiger partial charge in [0.15, 0.2) is 10.8 Å². The number of anilines is 1. The van der Waals surface area contributed by atoms with Crippen molar-refractivity contribution < 1.29 is 42.0 Å². The number of carboxylic acid groups (broad SMARTS) is 1. The van der Waals surface area contributed by atoms with Gasteiger partial charge in [0.05, 0.1) is 25.7 Å². The molecule has 22 heteroatoms. The standard InChI is InChI=1S/C13H14N8O8S2.C13H19N3O/c14-13-17-6(3-30-13)9(19-29-2-8(22)23)11(24)18-10-7(1-20-5-15-4-16-20)21(12(10)25)31(26,27)28;1-17-12-4-2-10(3-5-12)13(14)16-11-6-8-15-9-7-11/h3-5,7,10H,1-2H2,(H2,14,17)(H,18,24)(H,22,23)(H,26,27,28);2-5,11,15H,6-9H2,1H3,(H2,14,16)/b19-9-;. The van der Waals surface area contributed by atoms with Crippen LogP contribution in [-0.4, -0.2) is 116 Å². The van der Waals surface area contributed by atoms with Crippen molar-refractivity contribution in [3.05, 3.63) is 53.6 Å². The minimum atomic E-state index is -4.91. The maximum absolute atomic E-state index is 12.7. The Balaban J connectivity index is 0.000000257. The van der Waals surface area contributed by atoms with Crippen LogP contribution in [0.25, 0.3) is 0 Å². The summed E-state index contributed by atoms with van der Waals surface area (Å²) in [5.74, 6) is -2.02. The maximum atomic E-state index is 12.7. The molecule has 3 aromatic rings. The number of ether oxygens (including phenoxy) is 1. The summed E-state index contributed by atoms with van der Waals surface area (Å²) in [6.45, 7) is 0.987. The Labute approximate surface area is 277 Å². The summed E-state index contributed by atoms with van der Waals surface area (Å²) in [7, 11) is -3.25. The van der Waals surface area contributed by atoms with E-state index in [1.165, 1.54) is 22.7 Å². The lowest BCUT2D eigenvalue weighted by molar-refractivity contribution is -0.145. The Morgan fingerprint density at radius 1 is 1.23 bits per heavy atom. The number of nitrogen functional groups attached to an aromatic ring is 1. The van der Waals surface area contributed by atoms with Crippen molar-refractivity contribution in [2.75, 3.05) is 32.5 Å². The molecule has 48 heavy (non-hydrogen) atoms. The van der Waals surface area contributed by atoms with Gasteiger partial charge >= 0.3 is 16.3 Å². The first-order valence-corrected chi connectivity index (χ1v) is 16.4. The number of carbonyl (C=O) groups is 3. The van der Waals surface area contributed by atoms with Gasteiger partial charge in [0.2, 0.25) is 6.61 Å². The number of rotatable bonds is 12. The van der Waals surface area contributed by atoms with E-state index in [1.807, 2.05) is 24.3 Å². The van der Waals surface area contributed by atoms with Gasteiger partial charge in [0, 0.05) is 10.9 Å². The van der Waals surface area contributed by atoms with Gasteiger partial charge in [-0.15, -0.1) is 11.3 Å². The first kappa shape index (κ1) is 35.7. The highest BCUT2D eigenvalue weighted by atomic mass is 32.2. The number of methoxy groups -OCH3 is 1. The average Bonchev–Trinajstić information content (AvgIpc) is 3.73. The van der Waals surface area contributed by atoms with E-state index in [9.17, 15) is 27.4 Å². The molecule has 0 saturated carbocycles. The van der Waals surface area contributed by atoms with Crippen LogP contribution in [0.1, 0.15) is 24.1 Å². The summed E-state index contributed by atoms with van der Waals surface area (Å²) in [4.78, 5) is 52.3. The number of β-lactam (4-membered cyclic amide) rings is 1. The molecule has 2 aliphatic heterocycles. The van der Waals surface area contributed by atoms with Gasteiger partial charge in [-0.3, -0.25) is 23.8 Å². The lowest BCUT2D eigenvalue weighted by Gasteiger charge is -2.43. The van der Waals surface area contributed by atoms with Gasteiger partial charge in [-0.05, 0) is 50.2 Å². The van der Waals surface area contributed by atoms with Crippen molar-refractivity contribution in [3.8, 4) is 5.75 Å². The molecule has 2 aliphatic rings. The minimum Gasteiger partial charge on any atom is -0.497 e. The molecule has 258 valence electrons. The Hall–Kier alpha value is -5.19. The number of aromatic nitrogens is 4. The normalized spacial score (nSPS) is 18.7. The lowest BCUT2D eigenvalue weighted by atomic mass is 9.98. The van der Waals surface area contributed by atoms with E-state index in [0.29, 0.717) is 11.9 Å². The highest BCUT2D eigenvalue weighted by Gasteiger charge is 2.54. The fourth-order valence-electron chi connectivity index (χ4n) is 4.59. The zero-order valence-corrected chi connectivity index (χ0v) is 27.0. The van der Waals surface area contributed by atoms with Crippen molar-refractivity contribution in [1.82, 2.24) is 34.7 Å². The van der Waals surface area contributed by atoms with Gasteiger partial charge < -0.3 is 36.8 Å². The topological polar surface area (TPSA) is 292 Å². The van der Waals surface area contributed by atoms with Crippen LogP contribution in [-0.2, 0) is 36.1 Å². The lowest BCUT2D eigenvalue weighted by Crippen LogP contribution is -2.73. The Kier molecular flexibility index (Phi) is 11.9. The molecular weight excluding hydrogens is 674 g/mol. The Morgan fingerprint density at radius 2 is 1.94 bits per heavy atom. The smallest absolute Gasteiger partial charge is 0.362 e. The number of nitrogens with two attached hydrogens (primary N) is 2. The fraction of sp³-hybridized carbons (Fsp3) is 0.385.